The van der Waals surface area contributed by atoms with Crippen molar-refractivity contribution in [3.8, 4) is 0 Å². The van der Waals surface area contributed by atoms with E-state index in [1.165, 1.54) is 24.8 Å². The highest BCUT2D eigenvalue weighted by molar-refractivity contribution is 5.90. The number of anilines is 1. The molecule has 27 heavy (non-hydrogen) atoms. The van der Waals surface area contributed by atoms with Crippen molar-refractivity contribution in [2.24, 2.45) is 5.92 Å². The van der Waals surface area contributed by atoms with E-state index in [2.05, 4.69) is 60.3 Å². The lowest BCUT2D eigenvalue weighted by atomic mass is 9.62. The number of fused-ring (bicyclic) bond motifs is 1. The molecule has 0 unspecified atom stereocenters. The van der Waals surface area contributed by atoms with Gasteiger partial charge in [0.2, 0.25) is 0 Å². The van der Waals surface area contributed by atoms with Gasteiger partial charge in [-0.05, 0) is 18.4 Å². The van der Waals surface area contributed by atoms with Gasteiger partial charge in [-0.3, -0.25) is 0 Å². The minimum absolute atomic E-state index is 0.0517. The van der Waals surface area contributed by atoms with Crippen LogP contribution in [-0.2, 0) is 11.0 Å². The van der Waals surface area contributed by atoms with Crippen LogP contribution in [0.1, 0.15) is 57.8 Å². The molecule has 4 rings (SSSR count). The molecule has 2 aromatic rings. The summed E-state index contributed by atoms with van der Waals surface area (Å²) >= 11 is 0. The Bertz CT molecular complexity index is 812. The number of hydrogen-bond acceptors (Lipinski definition) is 3. The number of nitrogens with one attached hydrogen (secondary N) is 1. The Labute approximate surface area is 161 Å². The molecule has 0 radical (unpaired) electrons. The van der Waals surface area contributed by atoms with Crippen LogP contribution < -0.4 is 5.32 Å². The lowest BCUT2D eigenvalue weighted by molar-refractivity contribution is -0.0756. The van der Waals surface area contributed by atoms with E-state index >= 15 is 0 Å². The highest BCUT2D eigenvalue weighted by Gasteiger charge is 2.57. The summed E-state index contributed by atoms with van der Waals surface area (Å²) in [5.74, 6) is 1.33. The van der Waals surface area contributed by atoms with Crippen LogP contribution in [0.2, 0.25) is 0 Å². The predicted octanol–water partition coefficient (Wildman–Crippen LogP) is 4.71. The molecule has 1 aromatic carbocycles. The molecule has 0 bridgehead atoms. The zero-order valence-electron chi connectivity index (χ0n) is 16.4. The molecule has 1 aliphatic heterocycles. The third kappa shape index (κ3) is 3.09. The Hall–Kier alpha value is -2.43. The molecule has 2 heterocycles. The number of aromatic nitrogens is 2. The van der Waals surface area contributed by atoms with E-state index in [1.807, 2.05) is 11.0 Å². The summed E-state index contributed by atoms with van der Waals surface area (Å²) in [6.45, 7) is 7.05. The largest absolute Gasteiger partial charge is 0.322 e. The van der Waals surface area contributed by atoms with Crippen molar-refractivity contribution < 1.29 is 4.79 Å². The number of nitrogens with zero attached hydrogens (tertiary/aromatic N) is 3. The Kier molecular flexibility index (Phi) is 4.41. The van der Waals surface area contributed by atoms with Gasteiger partial charge in [-0.1, -0.05) is 63.9 Å². The highest BCUT2D eigenvalue weighted by Crippen LogP contribution is 2.53. The fraction of sp³-hybridized carbons (Fsp3) is 0.500. The average molecular weight is 364 g/mol. The van der Waals surface area contributed by atoms with Gasteiger partial charge in [-0.2, -0.15) is 0 Å². The summed E-state index contributed by atoms with van der Waals surface area (Å²) in [6, 6.07) is 10.5. The van der Waals surface area contributed by atoms with Crippen LogP contribution in [0.25, 0.3) is 0 Å². The molecule has 1 saturated heterocycles. The van der Waals surface area contributed by atoms with Crippen molar-refractivity contribution in [1.29, 1.82) is 0 Å². The molecule has 2 amide bonds. The third-order valence-electron chi connectivity index (χ3n) is 6.01. The monoisotopic (exact) mass is 364 g/mol. The van der Waals surface area contributed by atoms with Crippen LogP contribution in [0.5, 0.6) is 0 Å². The standard InChI is InChI=1S/C22H28N4O/c1-21(2,3)19-23-13-18(14-24-19)25-20(27)26-15-17-11-7-8-12-22(17,26)16-9-5-4-6-10-16/h4-6,9-10,13-14,17H,7-8,11-12,15H2,1-3H3,(H,25,27)/t17-,22+/m0/s1. The minimum Gasteiger partial charge on any atom is -0.314 e. The molecular weight excluding hydrogens is 336 g/mol. The topological polar surface area (TPSA) is 58.1 Å². The molecular formula is C22H28N4O. The zero-order valence-corrected chi connectivity index (χ0v) is 16.4. The van der Waals surface area contributed by atoms with Gasteiger partial charge >= 0.3 is 6.03 Å². The second-order valence-corrected chi connectivity index (χ2v) is 8.82. The number of carbonyl (C=O) groups is 1. The van der Waals surface area contributed by atoms with E-state index < -0.39 is 0 Å². The third-order valence-corrected chi connectivity index (χ3v) is 6.01. The molecule has 5 heteroatoms. The van der Waals surface area contributed by atoms with Crippen LogP contribution >= 0.6 is 0 Å². The Morgan fingerprint density at radius 1 is 1.15 bits per heavy atom. The molecule has 1 aromatic heterocycles. The summed E-state index contributed by atoms with van der Waals surface area (Å²) in [4.78, 5) is 23.9. The Balaban J connectivity index is 1.55. The second kappa shape index (κ2) is 6.63. The number of likely N-dealkylation sites (tertiary alicyclic amines) is 1. The Morgan fingerprint density at radius 3 is 2.48 bits per heavy atom. The molecule has 0 spiro atoms. The molecule has 5 nitrogen and oxygen atoms in total. The first-order valence-corrected chi connectivity index (χ1v) is 9.88. The SMILES string of the molecule is CC(C)(C)c1ncc(NC(=O)N2C[C@@H]3CCCC[C@@]32c2ccccc2)cn1. The van der Waals surface area contributed by atoms with Gasteiger partial charge < -0.3 is 10.2 Å². The fourth-order valence-electron chi connectivity index (χ4n) is 4.59. The van der Waals surface area contributed by atoms with Gasteiger partial charge in [0.05, 0.1) is 23.6 Å². The van der Waals surface area contributed by atoms with E-state index in [0.29, 0.717) is 11.6 Å². The maximum absolute atomic E-state index is 13.1. The Morgan fingerprint density at radius 2 is 1.85 bits per heavy atom. The van der Waals surface area contributed by atoms with Crippen molar-refractivity contribution in [2.75, 3.05) is 11.9 Å². The van der Waals surface area contributed by atoms with Crippen molar-refractivity contribution >= 4 is 11.7 Å². The van der Waals surface area contributed by atoms with Crippen molar-refractivity contribution in [3.63, 3.8) is 0 Å². The van der Waals surface area contributed by atoms with Crippen LogP contribution in [0.15, 0.2) is 42.7 Å². The average Bonchev–Trinajstić information content (AvgIpc) is 2.63. The van der Waals surface area contributed by atoms with Crippen LogP contribution in [0, 0.1) is 5.92 Å². The van der Waals surface area contributed by atoms with E-state index in [0.717, 1.165) is 18.8 Å². The normalized spacial score (nSPS) is 24.7. The second-order valence-electron chi connectivity index (χ2n) is 8.82. The molecule has 1 N–H and O–H groups in total. The lowest BCUT2D eigenvalue weighted by Crippen LogP contribution is -2.68. The smallest absolute Gasteiger partial charge is 0.314 e. The van der Waals surface area contributed by atoms with E-state index in [-0.39, 0.29) is 17.0 Å². The van der Waals surface area contributed by atoms with Gasteiger partial charge in [-0.15, -0.1) is 0 Å². The maximum atomic E-state index is 13.1. The van der Waals surface area contributed by atoms with Crippen LogP contribution in [-0.4, -0.2) is 27.4 Å². The number of carbonyl (C=O) groups excluding carboxylic acids is 1. The minimum atomic E-state index is -0.157. The molecule has 142 valence electrons. The van der Waals surface area contributed by atoms with E-state index in [1.54, 1.807) is 12.4 Å². The van der Waals surface area contributed by atoms with Gasteiger partial charge in [0, 0.05) is 17.9 Å². The first-order chi connectivity index (χ1) is 12.9. The van der Waals surface area contributed by atoms with Crippen LogP contribution in [0.3, 0.4) is 0 Å². The quantitative estimate of drug-likeness (QED) is 0.840. The van der Waals surface area contributed by atoms with Gasteiger partial charge in [0.1, 0.15) is 5.82 Å². The number of hydrogen-bond donors (Lipinski definition) is 1. The summed E-state index contributed by atoms with van der Waals surface area (Å²) in [5.41, 5.74) is 1.65. The van der Waals surface area contributed by atoms with Crippen molar-refractivity contribution in [2.45, 2.75) is 57.4 Å². The first-order valence-electron chi connectivity index (χ1n) is 9.88. The van der Waals surface area contributed by atoms with E-state index in [4.69, 9.17) is 0 Å². The first kappa shape index (κ1) is 18.0. The predicted molar refractivity (Wildman–Crippen MR) is 107 cm³/mol. The highest BCUT2D eigenvalue weighted by atomic mass is 16.2. The zero-order chi connectivity index (χ0) is 19.1. The van der Waals surface area contributed by atoms with Crippen LogP contribution in [0.4, 0.5) is 10.5 Å². The summed E-state index contributed by atoms with van der Waals surface area (Å²) < 4.78 is 0. The van der Waals surface area contributed by atoms with Gasteiger partial charge in [0.25, 0.3) is 0 Å². The van der Waals surface area contributed by atoms with Gasteiger partial charge in [-0.25, -0.2) is 14.8 Å². The molecule has 1 aliphatic carbocycles. The molecule has 2 aliphatic rings. The summed E-state index contributed by atoms with van der Waals surface area (Å²) in [5, 5.41) is 3.01. The number of urea groups is 1. The number of rotatable bonds is 2. The molecule has 1 saturated carbocycles. The number of amides is 2. The lowest BCUT2D eigenvalue weighted by Gasteiger charge is -2.61. The summed E-state index contributed by atoms with van der Waals surface area (Å²) in [7, 11) is 0. The molecule has 2 atom stereocenters. The van der Waals surface area contributed by atoms with Crippen molar-refractivity contribution in [1.82, 2.24) is 14.9 Å². The van der Waals surface area contributed by atoms with E-state index in [9.17, 15) is 4.79 Å². The maximum Gasteiger partial charge on any atom is 0.322 e. The van der Waals surface area contributed by atoms with Crippen molar-refractivity contribution in [3.05, 3.63) is 54.1 Å². The molecule has 2 fully saturated rings. The fourth-order valence-corrected chi connectivity index (χ4v) is 4.59. The number of benzene rings is 1. The van der Waals surface area contributed by atoms with Gasteiger partial charge in [0.15, 0.2) is 0 Å². The summed E-state index contributed by atoms with van der Waals surface area (Å²) in [6.07, 6.45) is 8.07.